The molecule has 0 spiro atoms. The van der Waals surface area contributed by atoms with Crippen molar-refractivity contribution in [3.05, 3.63) is 70.4 Å². The Labute approximate surface area is 170 Å². The number of rotatable bonds is 5. The molecule has 5 N–H and O–H groups in total. The van der Waals surface area contributed by atoms with Gasteiger partial charge in [0.05, 0.1) is 27.3 Å². The van der Waals surface area contributed by atoms with E-state index >= 15 is 0 Å². The number of aliphatic imine (C=N–C) groups is 1. The molecular weight excluding hydrogens is 399 g/mol. The lowest BCUT2D eigenvalue weighted by atomic mass is 10.2. The highest BCUT2D eigenvalue weighted by Crippen LogP contribution is 2.31. The van der Waals surface area contributed by atoms with E-state index < -0.39 is 0 Å². The van der Waals surface area contributed by atoms with Gasteiger partial charge < -0.3 is 16.8 Å². The van der Waals surface area contributed by atoms with Crippen LogP contribution >= 0.6 is 23.2 Å². The molecule has 2 aromatic heterocycles. The first-order valence-corrected chi connectivity index (χ1v) is 8.60. The van der Waals surface area contributed by atoms with E-state index in [0.29, 0.717) is 43.8 Å². The maximum atomic E-state index is 9.41. The van der Waals surface area contributed by atoms with Crippen LogP contribution in [-0.2, 0) is 0 Å². The van der Waals surface area contributed by atoms with Crippen LogP contribution in [0.3, 0.4) is 0 Å². The van der Waals surface area contributed by atoms with E-state index in [-0.39, 0.29) is 5.70 Å². The Kier molecular flexibility index (Phi) is 5.49. The van der Waals surface area contributed by atoms with Gasteiger partial charge in [0.2, 0.25) is 0 Å². The minimum Gasteiger partial charge on any atom is -0.399 e. The van der Waals surface area contributed by atoms with Crippen molar-refractivity contribution in [2.24, 2.45) is 16.5 Å². The fraction of sp³-hybridized carbons (Fsp3) is 0. The summed E-state index contributed by atoms with van der Waals surface area (Å²) in [7, 11) is 0. The van der Waals surface area contributed by atoms with Crippen molar-refractivity contribution >= 4 is 46.3 Å². The molecule has 0 aliphatic heterocycles. The van der Waals surface area contributed by atoms with E-state index in [1.54, 1.807) is 24.4 Å². The maximum absolute atomic E-state index is 9.41. The van der Waals surface area contributed by atoms with Gasteiger partial charge in [0.1, 0.15) is 28.9 Å². The lowest BCUT2D eigenvalue weighted by Crippen LogP contribution is -2.04. The average molecular weight is 413 g/mol. The molecule has 0 atom stereocenters. The summed E-state index contributed by atoms with van der Waals surface area (Å²) in [6.07, 6.45) is 5.66. The van der Waals surface area contributed by atoms with Gasteiger partial charge in [0, 0.05) is 24.2 Å². The highest BCUT2D eigenvalue weighted by atomic mass is 35.5. The van der Waals surface area contributed by atoms with Crippen molar-refractivity contribution in [1.82, 2.24) is 14.8 Å². The molecule has 140 valence electrons. The highest BCUT2D eigenvalue weighted by molar-refractivity contribution is 6.37. The number of halogens is 2. The molecule has 28 heavy (non-hydrogen) atoms. The molecule has 0 bridgehead atoms. The Morgan fingerprint density at radius 1 is 1.36 bits per heavy atom. The average Bonchev–Trinajstić information content (AvgIpc) is 3.06. The van der Waals surface area contributed by atoms with Crippen LogP contribution in [0.2, 0.25) is 10.0 Å². The van der Waals surface area contributed by atoms with Gasteiger partial charge in [-0.1, -0.05) is 35.8 Å². The van der Waals surface area contributed by atoms with Crippen LogP contribution in [0.4, 0.5) is 5.82 Å². The summed E-state index contributed by atoms with van der Waals surface area (Å²) in [6, 6.07) is 7.19. The summed E-state index contributed by atoms with van der Waals surface area (Å²) in [5.41, 5.74) is 12.5. The zero-order valence-corrected chi connectivity index (χ0v) is 15.9. The van der Waals surface area contributed by atoms with Gasteiger partial charge in [-0.2, -0.15) is 10.4 Å². The van der Waals surface area contributed by atoms with Crippen LogP contribution in [0.15, 0.2) is 59.8 Å². The van der Waals surface area contributed by atoms with E-state index in [4.69, 9.17) is 34.7 Å². The number of aromatic nitrogens is 3. The molecule has 8 nitrogen and oxygen atoms in total. The second kappa shape index (κ2) is 8.00. The minimum absolute atomic E-state index is 0.275. The van der Waals surface area contributed by atoms with Gasteiger partial charge in [0.25, 0.3) is 0 Å². The van der Waals surface area contributed by atoms with Gasteiger partial charge in [0.15, 0.2) is 0 Å². The Bertz CT molecular complexity index is 1150. The molecule has 0 amide bonds. The zero-order chi connectivity index (χ0) is 20.3. The summed E-state index contributed by atoms with van der Waals surface area (Å²) in [5, 5.41) is 18.3. The van der Waals surface area contributed by atoms with Crippen LogP contribution in [-0.4, -0.2) is 21.1 Å². The van der Waals surface area contributed by atoms with Gasteiger partial charge in [-0.3, -0.25) is 0 Å². The van der Waals surface area contributed by atoms with E-state index in [2.05, 4.69) is 33.0 Å². The van der Waals surface area contributed by atoms with Gasteiger partial charge in [-0.05, 0) is 12.1 Å². The second-order valence-corrected chi connectivity index (χ2v) is 6.36. The van der Waals surface area contributed by atoms with Crippen molar-refractivity contribution in [3.8, 4) is 11.8 Å². The first-order chi connectivity index (χ1) is 13.4. The number of hydrogen-bond donors (Lipinski definition) is 3. The third-order valence-corrected chi connectivity index (χ3v) is 4.23. The maximum Gasteiger partial charge on any atom is 0.142 e. The monoisotopic (exact) mass is 412 g/mol. The standard InChI is InChI=1S/C18H14Cl2N8/c1-10(23)5-15(25-9-22)26-18-12-8-28(17-13(19)3-2-4-14(17)20)27-16(12)11(6-21)7-24-18/h2-5,7-9H,1,23H2,(H2,22,25)(H,24,26)/b15-5+. The van der Waals surface area contributed by atoms with Crippen molar-refractivity contribution in [2.45, 2.75) is 0 Å². The van der Waals surface area contributed by atoms with E-state index in [9.17, 15) is 5.26 Å². The Hall–Kier alpha value is -3.54. The molecule has 2 heterocycles. The molecule has 0 saturated heterocycles. The summed E-state index contributed by atoms with van der Waals surface area (Å²) < 4.78 is 1.50. The Morgan fingerprint density at radius 2 is 2.07 bits per heavy atom. The van der Waals surface area contributed by atoms with Crippen LogP contribution in [0.25, 0.3) is 16.6 Å². The quantitative estimate of drug-likeness (QED) is 0.334. The van der Waals surface area contributed by atoms with Crippen molar-refractivity contribution in [1.29, 1.82) is 5.26 Å². The molecular formula is C18H14Cl2N8. The molecule has 0 fully saturated rings. The fourth-order valence-corrected chi connectivity index (χ4v) is 3.06. The number of anilines is 1. The van der Waals surface area contributed by atoms with Gasteiger partial charge >= 0.3 is 0 Å². The van der Waals surface area contributed by atoms with E-state index in [0.717, 1.165) is 6.34 Å². The molecule has 0 aliphatic rings. The number of pyridine rings is 1. The van der Waals surface area contributed by atoms with Crippen LogP contribution < -0.4 is 16.8 Å². The number of nitrogens with zero attached hydrogens (tertiary/aromatic N) is 5. The SMILES string of the molecule is C=C(N)/C=C(\N=C/N)Nc1ncc(C#N)c2nn(-c3c(Cl)cccc3Cl)cc12. The Morgan fingerprint density at radius 3 is 2.68 bits per heavy atom. The summed E-state index contributed by atoms with van der Waals surface area (Å²) >= 11 is 12.6. The first kappa shape index (κ1) is 19.2. The Balaban J connectivity index is 2.20. The third-order valence-electron chi connectivity index (χ3n) is 3.62. The summed E-state index contributed by atoms with van der Waals surface area (Å²) in [5.74, 6) is 0.707. The predicted octanol–water partition coefficient (Wildman–Crippen LogP) is 3.31. The lowest BCUT2D eigenvalue weighted by molar-refractivity contribution is 0.896. The summed E-state index contributed by atoms with van der Waals surface area (Å²) in [4.78, 5) is 8.27. The van der Waals surface area contributed by atoms with Gasteiger partial charge in [-0.15, -0.1) is 0 Å². The van der Waals surface area contributed by atoms with Gasteiger partial charge in [-0.25, -0.2) is 14.7 Å². The normalized spacial score (nSPS) is 11.7. The number of nitriles is 1. The topological polar surface area (TPSA) is 131 Å². The summed E-state index contributed by atoms with van der Waals surface area (Å²) in [6.45, 7) is 3.61. The number of nitrogens with one attached hydrogen (secondary N) is 1. The number of nitrogens with two attached hydrogens (primary N) is 2. The van der Waals surface area contributed by atoms with Crippen LogP contribution in [0.5, 0.6) is 0 Å². The lowest BCUT2D eigenvalue weighted by Gasteiger charge is -2.07. The second-order valence-electron chi connectivity index (χ2n) is 5.55. The molecule has 0 unspecified atom stereocenters. The smallest absolute Gasteiger partial charge is 0.142 e. The van der Waals surface area contributed by atoms with E-state index in [1.807, 2.05) is 0 Å². The predicted molar refractivity (Wildman–Crippen MR) is 111 cm³/mol. The van der Waals surface area contributed by atoms with Crippen molar-refractivity contribution < 1.29 is 0 Å². The number of para-hydroxylation sites is 1. The molecule has 3 aromatic rings. The third kappa shape index (κ3) is 3.76. The number of fused-ring (bicyclic) bond motifs is 1. The molecule has 3 rings (SSSR count). The molecule has 10 heteroatoms. The molecule has 0 radical (unpaired) electrons. The van der Waals surface area contributed by atoms with Crippen molar-refractivity contribution in [2.75, 3.05) is 5.32 Å². The first-order valence-electron chi connectivity index (χ1n) is 7.84. The fourth-order valence-electron chi connectivity index (χ4n) is 2.49. The van der Waals surface area contributed by atoms with Crippen molar-refractivity contribution in [3.63, 3.8) is 0 Å². The zero-order valence-electron chi connectivity index (χ0n) is 14.4. The number of allylic oxidation sites excluding steroid dienone is 1. The molecule has 1 aromatic carbocycles. The number of benzene rings is 1. The number of hydrogen-bond acceptors (Lipinski definition) is 6. The van der Waals surface area contributed by atoms with E-state index in [1.165, 1.54) is 17.0 Å². The van der Waals surface area contributed by atoms with Crippen LogP contribution in [0, 0.1) is 11.3 Å². The molecule has 0 aliphatic carbocycles. The molecule has 0 saturated carbocycles. The minimum atomic E-state index is 0.275. The largest absolute Gasteiger partial charge is 0.399 e. The van der Waals surface area contributed by atoms with Crippen LogP contribution in [0.1, 0.15) is 5.56 Å². The highest BCUT2D eigenvalue weighted by Gasteiger charge is 2.16.